The smallest absolute Gasteiger partial charge is 0.343 e. The molecular formula is C29H28FN3O6. The highest BCUT2D eigenvalue weighted by Crippen LogP contribution is 2.47. The highest BCUT2D eigenvalue weighted by Gasteiger charge is 2.49. The summed E-state index contributed by atoms with van der Waals surface area (Å²) in [6, 6.07) is 2.56. The molecule has 3 N–H and O–H groups in total. The predicted octanol–water partition coefficient (Wildman–Crippen LogP) is 2.40. The van der Waals surface area contributed by atoms with Crippen LogP contribution < -0.4 is 10.9 Å². The monoisotopic (exact) mass is 533 g/mol. The number of carbonyl (C=O) groups excluding carboxylic acids is 2. The lowest BCUT2D eigenvalue weighted by Gasteiger charge is -2.32. The average Bonchev–Trinajstić information content (AvgIpc) is 3.63. The van der Waals surface area contributed by atoms with Crippen LogP contribution in [0.4, 0.5) is 4.39 Å². The molecule has 3 atom stereocenters. The highest BCUT2D eigenvalue weighted by molar-refractivity contribution is 5.94. The molecule has 10 heteroatoms. The van der Waals surface area contributed by atoms with Gasteiger partial charge < -0.3 is 24.8 Å². The molecule has 0 bridgehead atoms. The summed E-state index contributed by atoms with van der Waals surface area (Å²) in [6.45, 7) is 3.06. The van der Waals surface area contributed by atoms with Crippen molar-refractivity contribution in [1.82, 2.24) is 14.9 Å². The van der Waals surface area contributed by atoms with Gasteiger partial charge in [0.1, 0.15) is 18.5 Å². The van der Waals surface area contributed by atoms with E-state index < -0.39 is 29.6 Å². The molecule has 7 rings (SSSR count). The van der Waals surface area contributed by atoms with Gasteiger partial charge in [0.15, 0.2) is 5.60 Å². The zero-order chi connectivity index (χ0) is 27.4. The number of nitrogens with one attached hydrogen (secondary N) is 1. The molecule has 202 valence electrons. The first-order valence-electron chi connectivity index (χ1n) is 13.4. The Morgan fingerprint density at radius 1 is 1.26 bits per heavy atom. The minimum Gasteiger partial charge on any atom is -0.458 e. The van der Waals surface area contributed by atoms with Crippen molar-refractivity contribution in [2.45, 2.75) is 76.9 Å². The summed E-state index contributed by atoms with van der Waals surface area (Å²) in [4.78, 5) is 43.9. The van der Waals surface area contributed by atoms with Crippen molar-refractivity contribution in [3.8, 4) is 11.4 Å². The molecule has 2 aromatic heterocycles. The SMILES string of the molecule is Cc1c(F)cc2nc3c(c4c2c1CC[C@@H]4NC(=O)[C@@H](C)O)Cn1c-3cc2c(c1=O)COC(=O)[C@]2(O)CC1CC1. The van der Waals surface area contributed by atoms with E-state index in [0.29, 0.717) is 35.3 Å². The zero-order valence-corrected chi connectivity index (χ0v) is 21.6. The summed E-state index contributed by atoms with van der Waals surface area (Å²) in [7, 11) is 0. The van der Waals surface area contributed by atoms with Crippen LogP contribution in [-0.2, 0) is 39.5 Å². The normalized spacial score (nSPS) is 23.6. The largest absolute Gasteiger partial charge is 0.458 e. The Kier molecular flexibility index (Phi) is 5.13. The van der Waals surface area contributed by atoms with Gasteiger partial charge in [-0.25, -0.2) is 14.2 Å². The number of aliphatic hydroxyl groups excluding tert-OH is 1. The number of hydrogen-bond acceptors (Lipinski definition) is 7. The van der Waals surface area contributed by atoms with Crippen molar-refractivity contribution in [2.24, 2.45) is 5.92 Å². The Morgan fingerprint density at radius 2 is 2.03 bits per heavy atom. The number of cyclic esters (lactones) is 1. The van der Waals surface area contributed by atoms with Crippen LogP contribution in [0.2, 0.25) is 0 Å². The summed E-state index contributed by atoms with van der Waals surface area (Å²) in [5.74, 6) is -1.48. The van der Waals surface area contributed by atoms with Gasteiger partial charge in [-0.2, -0.15) is 0 Å². The van der Waals surface area contributed by atoms with E-state index in [2.05, 4.69) is 5.32 Å². The van der Waals surface area contributed by atoms with Gasteiger partial charge in [-0.1, -0.05) is 12.8 Å². The number of fused-ring (bicyclic) bond motifs is 5. The molecule has 0 spiro atoms. The van der Waals surface area contributed by atoms with Crippen LogP contribution in [0.15, 0.2) is 16.9 Å². The van der Waals surface area contributed by atoms with Crippen molar-refractivity contribution >= 4 is 22.8 Å². The Hall–Kier alpha value is -3.63. The fourth-order valence-corrected chi connectivity index (χ4v) is 6.59. The minimum absolute atomic E-state index is 0.168. The van der Waals surface area contributed by atoms with Gasteiger partial charge >= 0.3 is 5.97 Å². The third-order valence-corrected chi connectivity index (χ3v) is 8.84. The van der Waals surface area contributed by atoms with Crippen LogP contribution in [-0.4, -0.2) is 37.7 Å². The Morgan fingerprint density at radius 3 is 2.74 bits per heavy atom. The van der Waals surface area contributed by atoms with Crippen molar-refractivity contribution in [1.29, 1.82) is 0 Å². The summed E-state index contributed by atoms with van der Waals surface area (Å²) in [5.41, 5.74) is 2.33. The molecule has 0 saturated heterocycles. The number of rotatable bonds is 4. The first kappa shape index (κ1) is 24.4. The molecule has 2 aliphatic carbocycles. The second-order valence-corrected chi connectivity index (χ2v) is 11.4. The molecule has 3 aromatic rings. The third-order valence-electron chi connectivity index (χ3n) is 8.84. The van der Waals surface area contributed by atoms with Gasteiger partial charge in [-0.05, 0) is 61.8 Å². The Bertz CT molecular complexity index is 1690. The van der Waals surface area contributed by atoms with Crippen molar-refractivity contribution in [3.63, 3.8) is 0 Å². The summed E-state index contributed by atoms with van der Waals surface area (Å²) in [5, 5.41) is 25.1. The first-order valence-corrected chi connectivity index (χ1v) is 13.4. The second kappa shape index (κ2) is 8.19. The predicted molar refractivity (Wildman–Crippen MR) is 137 cm³/mol. The maximum absolute atomic E-state index is 15.0. The number of pyridine rings is 2. The van der Waals surface area contributed by atoms with E-state index in [4.69, 9.17) is 9.72 Å². The van der Waals surface area contributed by atoms with E-state index in [-0.39, 0.29) is 48.0 Å². The number of carbonyl (C=O) groups is 2. The van der Waals surface area contributed by atoms with E-state index in [9.17, 15) is 29.0 Å². The number of aromatic nitrogens is 2. The second-order valence-electron chi connectivity index (χ2n) is 11.4. The lowest BCUT2D eigenvalue weighted by atomic mass is 9.81. The van der Waals surface area contributed by atoms with Crippen LogP contribution in [0.25, 0.3) is 22.3 Å². The maximum atomic E-state index is 15.0. The number of hydrogen-bond donors (Lipinski definition) is 3. The van der Waals surface area contributed by atoms with Gasteiger partial charge in [-0.15, -0.1) is 0 Å². The highest BCUT2D eigenvalue weighted by atomic mass is 19.1. The average molecular weight is 534 g/mol. The van der Waals surface area contributed by atoms with E-state index in [1.807, 2.05) is 0 Å². The van der Waals surface area contributed by atoms with E-state index in [1.165, 1.54) is 13.0 Å². The lowest BCUT2D eigenvalue weighted by molar-refractivity contribution is -0.173. The van der Waals surface area contributed by atoms with Gasteiger partial charge in [-0.3, -0.25) is 9.59 Å². The fourth-order valence-electron chi connectivity index (χ4n) is 6.59. The molecule has 1 fully saturated rings. The topological polar surface area (TPSA) is 131 Å². The van der Waals surface area contributed by atoms with Gasteiger partial charge in [0.25, 0.3) is 5.56 Å². The number of amides is 1. The van der Waals surface area contributed by atoms with Crippen molar-refractivity contribution < 1.29 is 28.9 Å². The molecule has 39 heavy (non-hydrogen) atoms. The number of halogens is 1. The number of ether oxygens (including phenoxy) is 1. The van der Waals surface area contributed by atoms with E-state index >= 15 is 0 Å². The molecule has 2 aliphatic heterocycles. The minimum atomic E-state index is -1.92. The van der Waals surface area contributed by atoms with Crippen LogP contribution in [0, 0.1) is 18.7 Å². The number of nitrogens with zero attached hydrogens (tertiary/aromatic N) is 2. The third kappa shape index (κ3) is 3.44. The molecule has 0 radical (unpaired) electrons. The van der Waals surface area contributed by atoms with E-state index in [1.54, 1.807) is 17.6 Å². The summed E-state index contributed by atoms with van der Waals surface area (Å²) < 4.78 is 21.8. The van der Waals surface area contributed by atoms with Crippen LogP contribution in [0.1, 0.15) is 72.0 Å². The van der Waals surface area contributed by atoms with E-state index in [0.717, 1.165) is 34.9 Å². The number of esters is 1. The molecule has 0 unspecified atom stereocenters. The summed E-state index contributed by atoms with van der Waals surface area (Å²) >= 11 is 0. The number of aliphatic hydroxyl groups is 2. The molecule has 1 aromatic carbocycles. The van der Waals surface area contributed by atoms with Gasteiger partial charge in [0, 0.05) is 22.6 Å². The lowest BCUT2D eigenvalue weighted by Crippen LogP contribution is -2.45. The first-order chi connectivity index (χ1) is 18.6. The fraction of sp³-hybridized carbons (Fsp3) is 0.448. The van der Waals surface area contributed by atoms with Crippen LogP contribution in [0.3, 0.4) is 0 Å². The van der Waals surface area contributed by atoms with Crippen molar-refractivity contribution in [3.05, 3.63) is 61.7 Å². The molecule has 1 saturated carbocycles. The molecule has 4 aliphatic rings. The number of aryl methyl sites for hydroxylation is 1. The Labute approximate surface area is 222 Å². The van der Waals surface area contributed by atoms with Crippen LogP contribution >= 0.6 is 0 Å². The zero-order valence-electron chi connectivity index (χ0n) is 21.6. The van der Waals surface area contributed by atoms with Crippen LogP contribution in [0.5, 0.6) is 0 Å². The molecule has 4 heterocycles. The number of benzene rings is 1. The van der Waals surface area contributed by atoms with Gasteiger partial charge in [0.05, 0.1) is 35.1 Å². The quantitative estimate of drug-likeness (QED) is 0.344. The maximum Gasteiger partial charge on any atom is 0.343 e. The Balaban J connectivity index is 1.48. The molecule has 9 nitrogen and oxygen atoms in total. The van der Waals surface area contributed by atoms with Gasteiger partial charge in [0.2, 0.25) is 5.91 Å². The van der Waals surface area contributed by atoms with Crippen molar-refractivity contribution in [2.75, 3.05) is 0 Å². The summed E-state index contributed by atoms with van der Waals surface area (Å²) in [6.07, 6.45) is 1.80. The molecular weight excluding hydrogens is 505 g/mol. The standard InChI is InChI=1S/C29H28FN3O6/c1-12-15-5-6-20(32-26(35)13(2)34)24-16-10-33-22(25(16)31-21(23(15)24)8-19(12)30)7-18-17(27(33)36)11-39-28(37)29(18,38)9-14-3-4-14/h7-8,13-14,20,34,38H,3-6,9-11H2,1-2H3,(H,32,35)/t13-,20+,29+/m1/s1. The molecule has 1 amide bonds.